The van der Waals surface area contributed by atoms with Crippen LogP contribution in [0.4, 0.5) is 4.79 Å². The van der Waals surface area contributed by atoms with Crippen molar-refractivity contribution < 1.29 is 4.79 Å². The number of carbonyl (C=O) groups is 1. The van der Waals surface area contributed by atoms with Gasteiger partial charge in [-0.25, -0.2) is 4.79 Å². The molecule has 0 aromatic carbocycles. The van der Waals surface area contributed by atoms with Crippen LogP contribution in [0, 0.1) is 0 Å². The average molecular weight is 199 g/mol. The van der Waals surface area contributed by atoms with Gasteiger partial charge in [-0.1, -0.05) is 0 Å². The molecule has 0 aromatic rings. The van der Waals surface area contributed by atoms with Crippen LogP contribution in [0.1, 0.15) is 26.7 Å². The molecule has 1 fully saturated rings. The summed E-state index contributed by atoms with van der Waals surface area (Å²) in [5.74, 6) is 0. The monoisotopic (exact) mass is 199 g/mol. The third-order valence-electron chi connectivity index (χ3n) is 2.72. The van der Waals surface area contributed by atoms with Crippen LogP contribution in [0.15, 0.2) is 0 Å². The summed E-state index contributed by atoms with van der Waals surface area (Å²) in [4.78, 5) is 13.5. The van der Waals surface area contributed by atoms with Crippen LogP contribution < -0.4 is 10.6 Å². The molecule has 0 spiro atoms. The van der Waals surface area contributed by atoms with E-state index in [0.717, 1.165) is 39.0 Å². The van der Waals surface area contributed by atoms with Gasteiger partial charge in [0.15, 0.2) is 0 Å². The van der Waals surface area contributed by atoms with Crippen LogP contribution in [-0.2, 0) is 0 Å². The zero-order valence-electron chi connectivity index (χ0n) is 9.18. The Hall–Kier alpha value is -0.770. The lowest BCUT2D eigenvalue weighted by Crippen LogP contribution is -2.48. The fourth-order valence-electron chi connectivity index (χ4n) is 1.74. The van der Waals surface area contributed by atoms with Crippen molar-refractivity contribution in [1.29, 1.82) is 0 Å². The van der Waals surface area contributed by atoms with E-state index in [0.29, 0.717) is 6.04 Å². The smallest absolute Gasteiger partial charge is 0.317 e. The van der Waals surface area contributed by atoms with E-state index in [1.807, 2.05) is 18.7 Å². The number of carbonyl (C=O) groups excluding carboxylic acids is 1. The summed E-state index contributed by atoms with van der Waals surface area (Å²) in [5, 5.41) is 6.35. The molecule has 0 aliphatic carbocycles. The summed E-state index contributed by atoms with van der Waals surface area (Å²) in [5.41, 5.74) is 0. The lowest BCUT2D eigenvalue weighted by atomic mass is 10.1. The van der Waals surface area contributed by atoms with E-state index in [-0.39, 0.29) is 6.03 Å². The average Bonchev–Trinajstić information content (AvgIpc) is 2.21. The van der Waals surface area contributed by atoms with Crippen LogP contribution in [0.2, 0.25) is 0 Å². The van der Waals surface area contributed by atoms with E-state index in [1.54, 1.807) is 0 Å². The highest BCUT2D eigenvalue weighted by atomic mass is 16.2. The third kappa shape index (κ3) is 3.18. The molecule has 0 atom stereocenters. The molecule has 4 heteroatoms. The van der Waals surface area contributed by atoms with Gasteiger partial charge in [-0.05, 0) is 39.8 Å². The van der Waals surface area contributed by atoms with Gasteiger partial charge in [0, 0.05) is 19.1 Å². The third-order valence-corrected chi connectivity index (χ3v) is 2.72. The second-order valence-corrected chi connectivity index (χ2v) is 3.65. The molecule has 14 heavy (non-hydrogen) atoms. The zero-order valence-corrected chi connectivity index (χ0v) is 9.18. The van der Waals surface area contributed by atoms with E-state index in [2.05, 4.69) is 10.6 Å². The van der Waals surface area contributed by atoms with Crippen LogP contribution >= 0.6 is 0 Å². The lowest BCUT2D eigenvalue weighted by molar-refractivity contribution is 0.196. The minimum absolute atomic E-state index is 0.0851. The molecular formula is C10H21N3O. The molecule has 0 saturated carbocycles. The summed E-state index contributed by atoms with van der Waals surface area (Å²) >= 11 is 0. The Kier molecular flexibility index (Phi) is 4.73. The van der Waals surface area contributed by atoms with E-state index < -0.39 is 0 Å². The number of piperidine rings is 1. The molecule has 2 amide bonds. The first kappa shape index (κ1) is 11.3. The van der Waals surface area contributed by atoms with E-state index in [4.69, 9.17) is 0 Å². The minimum atomic E-state index is 0.0851. The van der Waals surface area contributed by atoms with Crippen LogP contribution in [0.5, 0.6) is 0 Å². The van der Waals surface area contributed by atoms with Crippen molar-refractivity contribution in [1.82, 2.24) is 15.5 Å². The Morgan fingerprint density at radius 3 is 2.43 bits per heavy atom. The minimum Gasteiger partial charge on any atom is -0.335 e. The van der Waals surface area contributed by atoms with Gasteiger partial charge in [0.05, 0.1) is 0 Å². The van der Waals surface area contributed by atoms with Gasteiger partial charge in [0.25, 0.3) is 0 Å². The van der Waals surface area contributed by atoms with E-state index >= 15 is 0 Å². The molecule has 82 valence electrons. The number of rotatable bonds is 3. The Morgan fingerprint density at radius 2 is 1.93 bits per heavy atom. The maximum Gasteiger partial charge on any atom is 0.317 e. The fourth-order valence-corrected chi connectivity index (χ4v) is 1.74. The lowest BCUT2D eigenvalue weighted by Gasteiger charge is -2.27. The van der Waals surface area contributed by atoms with Crippen LogP contribution in [0.25, 0.3) is 0 Å². The summed E-state index contributed by atoms with van der Waals surface area (Å²) in [6.45, 7) is 7.62. The van der Waals surface area contributed by atoms with Crippen LogP contribution in [-0.4, -0.2) is 43.2 Å². The molecule has 0 bridgehead atoms. The van der Waals surface area contributed by atoms with E-state index in [1.165, 1.54) is 0 Å². The molecule has 1 aliphatic rings. The maximum atomic E-state index is 11.7. The zero-order chi connectivity index (χ0) is 10.4. The number of amides is 2. The Labute approximate surface area is 86.0 Å². The second-order valence-electron chi connectivity index (χ2n) is 3.65. The van der Waals surface area contributed by atoms with Gasteiger partial charge in [0.2, 0.25) is 0 Å². The molecule has 2 N–H and O–H groups in total. The highest BCUT2D eigenvalue weighted by molar-refractivity contribution is 5.74. The van der Waals surface area contributed by atoms with Crippen molar-refractivity contribution in [2.45, 2.75) is 32.7 Å². The standard InChI is InChI=1S/C10H21N3O/c1-3-13(4-2)10(14)12-9-5-7-11-8-6-9/h9,11H,3-8H2,1-2H3,(H,12,14). The number of hydrogen-bond acceptors (Lipinski definition) is 2. The molecule has 0 unspecified atom stereocenters. The first-order valence-corrected chi connectivity index (χ1v) is 5.54. The first-order valence-electron chi connectivity index (χ1n) is 5.54. The molecule has 1 saturated heterocycles. The van der Waals surface area contributed by atoms with Crippen molar-refractivity contribution in [3.05, 3.63) is 0 Å². The van der Waals surface area contributed by atoms with E-state index in [9.17, 15) is 4.79 Å². The summed E-state index contributed by atoms with van der Waals surface area (Å²) in [6.07, 6.45) is 2.10. The normalized spacial score (nSPS) is 17.9. The van der Waals surface area contributed by atoms with Gasteiger partial charge in [0.1, 0.15) is 0 Å². The number of nitrogens with one attached hydrogen (secondary N) is 2. The summed E-state index contributed by atoms with van der Waals surface area (Å²) in [6, 6.07) is 0.450. The topological polar surface area (TPSA) is 44.4 Å². The number of hydrogen-bond donors (Lipinski definition) is 2. The summed E-state index contributed by atoms with van der Waals surface area (Å²) < 4.78 is 0. The molecule has 1 aliphatic heterocycles. The van der Waals surface area contributed by atoms with Gasteiger partial charge in [-0.2, -0.15) is 0 Å². The molecule has 1 rings (SSSR count). The predicted molar refractivity (Wildman–Crippen MR) is 57.3 cm³/mol. The molecule has 4 nitrogen and oxygen atoms in total. The highest BCUT2D eigenvalue weighted by Gasteiger charge is 2.17. The Balaban J connectivity index is 2.30. The van der Waals surface area contributed by atoms with Crippen molar-refractivity contribution in [2.75, 3.05) is 26.2 Å². The molecule has 1 heterocycles. The Bertz CT molecular complexity index is 174. The van der Waals surface area contributed by atoms with Crippen molar-refractivity contribution >= 4 is 6.03 Å². The SMILES string of the molecule is CCN(CC)C(=O)NC1CCNCC1. The van der Waals surface area contributed by atoms with Gasteiger partial charge in [-0.15, -0.1) is 0 Å². The quantitative estimate of drug-likeness (QED) is 0.706. The van der Waals surface area contributed by atoms with Gasteiger partial charge < -0.3 is 15.5 Å². The van der Waals surface area contributed by atoms with Crippen LogP contribution in [0.3, 0.4) is 0 Å². The molecule has 0 radical (unpaired) electrons. The van der Waals surface area contributed by atoms with Gasteiger partial charge in [-0.3, -0.25) is 0 Å². The largest absolute Gasteiger partial charge is 0.335 e. The summed E-state index contributed by atoms with van der Waals surface area (Å²) in [7, 11) is 0. The Morgan fingerprint density at radius 1 is 1.36 bits per heavy atom. The highest BCUT2D eigenvalue weighted by Crippen LogP contribution is 2.02. The first-order chi connectivity index (χ1) is 6.77. The number of urea groups is 1. The van der Waals surface area contributed by atoms with Gasteiger partial charge >= 0.3 is 6.03 Å². The van der Waals surface area contributed by atoms with Crippen molar-refractivity contribution in [3.63, 3.8) is 0 Å². The van der Waals surface area contributed by atoms with Crippen molar-refractivity contribution in [3.8, 4) is 0 Å². The molecule has 0 aromatic heterocycles. The maximum absolute atomic E-state index is 11.7. The molecular weight excluding hydrogens is 178 g/mol. The fraction of sp³-hybridized carbons (Fsp3) is 0.900. The second kappa shape index (κ2) is 5.86. The van der Waals surface area contributed by atoms with Crippen molar-refractivity contribution in [2.24, 2.45) is 0 Å². The predicted octanol–water partition coefficient (Wildman–Crippen LogP) is 0.790. The number of nitrogens with zero attached hydrogens (tertiary/aromatic N) is 1.